The second-order valence-electron chi connectivity index (χ2n) is 5.82. The quantitative estimate of drug-likeness (QED) is 0.683. The van der Waals surface area contributed by atoms with E-state index >= 15 is 0 Å². The Hall–Kier alpha value is -2.68. The number of nitrogens with zero attached hydrogens (tertiary/aromatic N) is 3. The minimum Gasteiger partial charge on any atom is -0.394 e. The molecule has 136 valence electrons. The summed E-state index contributed by atoms with van der Waals surface area (Å²) in [4.78, 5) is 16.3. The summed E-state index contributed by atoms with van der Waals surface area (Å²) in [6, 6.07) is 7.12. The highest BCUT2D eigenvalue weighted by Gasteiger charge is 2.35. The number of para-hydroxylation sites is 1. The number of benzene rings is 1. The molecule has 0 unspecified atom stereocenters. The SMILES string of the molecule is C=C(C)C(F)(F)c1cccc2c1nc(Cn1cccc(N)c1=O)n2SF. The number of nitrogen functional groups attached to an aromatic ring is 1. The molecule has 2 N–H and O–H groups in total. The molecule has 2 heterocycles. The maximum Gasteiger partial charge on any atom is 0.296 e. The highest BCUT2D eigenvalue weighted by atomic mass is 32.2. The molecule has 0 aliphatic heterocycles. The highest BCUT2D eigenvalue weighted by Crippen LogP contribution is 2.39. The third-order valence-corrected chi connectivity index (χ3v) is 4.56. The van der Waals surface area contributed by atoms with Crippen molar-refractivity contribution < 1.29 is 12.7 Å². The zero-order valence-electron chi connectivity index (χ0n) is 13.7. The van der Waals surface area contributed by atoms with Crippen LogP contribution in [0.1, 0.15) is 18.3 Å². The Morgan fingerprint density at radius 2 is 2.08 bits per heavy atom. The first-order valence-electron chi connectivity index (χ1n) is 7.56. The fourth-order valence-corrected chi connectivity index (χ4v) is 3.02. The van der Waals surface area contributed by atoms with E-state index in [-0.39, 0.29) is 52.6 Å². The van der Waals surface area contributed by atoms with Crippen LogP contribution >= 0.6 is 12.3 Å². The number of imidazole rings is 1. The van der Waals surface area contributed by atoms with Crippen molar-refractivity contribution in [1.82, 2.24) is 13.5 Å². The molecule has 5 nitrogen and oxygen atoms in total. The zero-order chi connectivity index (χ0) is 19.1. The van der Waals surface area contributed by atoms with Gasteiger partial charge in [0.05, 0.1) is 28.8 Å². The molecule has 2 aromatic heterocycles. The number of allylic oxidation sites excluding steroid dienone is 1. The average Bonchev–Trinajstić information content (AvgIpc) is 2.95. The lowest BCUT2D eigenvalue weighted by Crippen LogP contribution is -2.23. The molecule has 9 heteroatoms. The normalized spacial score (nSPS) is 11.8. The number of aromatic nitrogens is 3. The first kappa shape index (κ1) is 18.1. The Kier molecular flexibility index (Phi) is 4.57. The predicted molar refractivity (Wildman–Crippen MR) is 96.8 cm³/mol. The standard InChI is InChI=1S/C17H15F3N4OS/c1-10(2)17(18,19)11-5-3-7-13-15(11)22-14(24(13)26-20)9-23-8-4-6-12(21)16(23)25/h3-8H,1,9,21H2,2H3. The third-order valence-electron chi connectivity index (χ3n) is 4.01. The molecule has 3 aromatic rings. The van der Waals surface area contributed by atoms with E-state index in [0.717, 1.165) is 3.97 Å². The first-order valence-corrected chi connectivity index (χ1v) is 8.23. The van der Waals surface area contributed by atoms with Crippen molar-refractivity contribution in [3.05, 3.63) is 70.4 Å². The lowest BCUT2D eigenvalue weighted by Gasteiger charge is -2.16. The molecule has 0 saturated heterocycles. The molecule has 0 spiro atoms. The van der Waals surface area contributed by atoms with Gasteiger partial charge in [-0.2, -0.15) is 8.78 Å². The number of nitrogens with two attached hydrogens (primary N) is 1. The summed E-state index contributed by atoms with van der Waals surface area (Å²) in [5.41, 5.74) is 4.57. The van der Waals surface area contributed by atoms with Crippen molar-refractivity contribution in [1.29, 1.82) is 0 Å². The van der Waals surface area contributed by atoms with Gasteiger partial charge in [-0.3, -0.25) is 4.79 Å². The Morgan fingerprint density at radius 3 is 2.73 bits per heavy atom. The van der Waals surface area contributed by atoms with E-state index < -0.39 is 11.5 Å². The van der Waals surface area contributed by atoms with Crippen LogP contribution in [0.15, 0.2) is 53.5 Å². The number of anilines is 1. The van der Waals surface area contributed by atoms with Crippen molar-refractivity contribution in [2.24, 2.45) is 0 Å². The monoisotopic (exact) mass is 380 g/mol. The van der Waals surface area contributed by atoms with E-state index in [1.807, 2.05) is 0 Å². The van der Waals surface area contributed by atoms with Crippen LogP contribution in [0.3, 0.4) is 0 Å². The van der Waals surface area contributed by atoms with E-state index in [1.54, 1.807) is 6.07 Å². The molecule has 0 aliphatic rings. The summed E-state index contributed by atoms with van der Waals surface area (Å²) in [7, 11) is 0. The van der Waals surface area contributed by atoms with E-state index in [9.17, 15) is 17.5 Å². The van der Waals surface area contributed by atoms with Crippen LogP contribution in [-0.2, 0) is 12.5 Å². The van der Waals surface area contributed by atoms with Gasteiger partial charge in [0.25, 0.3) is 11.5 Å². The van der Waals surface area contributed by atoms with Crippen molar-refractivity contribution in [2.45, 2.75) is 19.4 Å². The summed E-state index contributed by atoms with van der Waals surface area (Å²) in [5.74, 6) is -3.21. The largest absolute Gasteiger partial charge is 0.394 e. The van der Waals surface area contributed by atoms with Gasteiger partial charge >= 0.3 is 0 Å². The summed E-state index contributed by atoms with van der Waals surface area (Å²) < 4.78 is 44.8. The molecule has 0 aliphatic carbocycles. The third kappa shape index (κ3) is 2.88. The average molecular weight is 380 g/mol. The van der Waals surface area contributed by atoms with E-state index in [1.165, 1.54) is 42.0 Å². The van der Waals surface area contributed by atoms with Gasteiger partial charge in [-0.25, -0.2) is 8.96 Å². The van der Waals surface area contributed by atoms with Crippen LogP contribution in [0, 0.1) is 0 Å². The Bertz CT molecular complexity index is 1060. The lowest BCUT2D eigenvalue weighted by molar-refractivity contribution is 0.0400. The van der Waals surface area contributed by atoms with E-state index in [2.05, 4.69) is 11.6 Å². The smallest absolute Gasteiger partial charge is 0.296 e. The molecule has 0 fully saturated rings. The van der Waals surface area contributed by atoms with Gasteiger partial charge in [0.1, 0.15) is 5.82 Å². The number of hydrogen-bond acceptors (Lipinski definition) is 4. The number of rotatable bonds is 5. The van der Waals surface area contributed by atoms with Gasteiger partial charge in [0, 0.05) is 6.20 Å². The van der Waals surface area contributed by atoms with Crippen molar-refractivity contribution in [3.8, 4) is 0 Å². The van der Waals surface area contributed by atoms with Gasteiger partial charge in [-0.1, -0.05) is 18.7 Å². The van der Waals surface area contributed by atoms with Gasteiger partial charge in [-0.05, 0) is 30.7 Å². The number of hydrogen-bond donors (Lipinski definition) is 1. The Labute approximate surface area is 151 Å². The van der Waals surface area contributed by atoms with E-state index in [0.29, 0.717) is 0 Å². The highest BCUT2D eigenvalue weighted by molar-refractivity contribution is 7.92. The molecule has 26 heavy (non-hydrogen) atoms. The van der Waals surface area contributed by atoms with Crippen LogP contribution in [0.4, 0.5) is 18.4 Å². The molecule has 0 amide bonds. The molecule has 3 rings (SSSR count). The van der Waals surface area contributed by atoms with Crippen molar-refractivity contribution in [2.75, 3.05) is 5.73 Å². The Morgan fingerprint density at radius 1 is 1.35 bits per heavy atom. The molecule has 0 saturated carbocycles. The van der Waals surface area contributed by atoms with Crippen LogP contribution < -0.4 is 11.3 Å². The fourth-order valence-electron chi connectivity index (χ4n) is 2.62. The van der Waals surface area contributed by atoms with Crippen LogP contribution in [0.25, 0.3) is 11.0 Å². The molecule has 0 radical (unpaired) electrons. The van der Waals surface area contributed by atoms with Gasteiger partial charge < -0.3 is 10.3 Å². The number of halogens is 3. The molecule has 0 bridgehead atoms. The first-order chi connectivity index (χ1) is 12.3. The minimum absolute atomic E-state index is 0.0255. The van der Waals surface area contributed by atoms with E-state index in [4.69, 9.17) is 5.73 Å². The maximum atomic E-state index is 14.5. The summed E-state index contributed by atoms with van der Waals surface area (Å²) >= 11 is -0.171. The minimum atomic E-state index is -3.31. The fraction of sp³-hybridized carbons (Fsp3) is 0.176. The van der Waals surface area contributed by atoms with Crippen molar-refractivity contribution >= 4 is 29.1 Å². The number of fused-ring (bicyclic) bond motifs is 1. The summed E-state index contributed by atoms with van der Waals surface area (Å²) in [5, 5.41) is 0. The Balaban J connectivity index is 2.20. The second kappa shape index (κ2) is 6.56. The molecular formula is C17H15F3N4OS. The van der Waals surface area contributed by atoms with Crippen LogP contribution in [0.2, 0.25) is 0 Å². The maximum absolute atomic E-state index is 14.5. The number of pyridine rings is 1. The molecule has 1 aromatic carbocycles. The summed E-state index contributed by atoms with van der Waals surface area (Å²) in [6.45, 7) is 4.42. The predicted octanol–water partition coefficient (Wildman–Crippen LogP) is 3.88. The lowest BCUT2D eigenvalue weighted by atomic mass is 10.0. The zero-order valence-corrected chi connectivity index (χ0v) is 14.6. The topological polar surface area (TPSA) is 65.8 Å². The van der Waals surface area contributed by atoms with Gasteiger partial charge in [0.2, 0.25) is 0 Å². The van der Waals surface area contributed by atoms with Crippen molar-refractivity contribution in [3.63, 3.8) is 0 Å². The second-order valence-corrected chi connectivity index (χ2v) is 6.32. The number of alkyl halides is 2. The summed E-state index contributed by atoms with van der Waals surface area (Å²) in [6.07, 6.45) is 1.47. The van der Waals surface area contributed by atoms with Crippen LogP contribution in [0.5, 0.6) is 0 Å². The molecule has 0 atom stereocenters. The van der Waals surface area contributed by atoms with Crippen LogP contribution in [-0.4, -0.2) is 13.5 Å². The van der Waals surface area contributed by atoms with Gasteiger partial charge in [0.15, 0.2) is 12.3 Å². The van der Waals surface area contributed by atoms with Gasteiger partial charge in [-0.15, -0.1) is 3.89 Å². The molecular weight excluding hydrogens is 365 g/mol.